The molecule has 5 nitrogen and oxygen atoms in total. The maximum Gasteiger partial charge on any atom is 0.0569 e. The third-order valence-electron chi connectivity index (χ3n) is 8.46. The molecular weight excluding hydrogens is 352 g/mol. The van der Waals surface area contributed by atoms with E-state index in [2.05, 4.69) is 9.80 Å². The van der Waals surface area contributed by atoms with Crippen LogP contribution in [0.2, 0.25) is 0 Å². The predicted octanol–water partition coefficient (Wildman–Crippen LogP) is 2.50. The second-order valence-corrected chi connectivity index (χ2v) is 10.5. The number of rotatable bonds is 6. The third-order valence-corrected chi connectivity index (χ3v) is 8.46. The molecule has 5 aliphatic rings. The van der Waals surface area contributed by atoms with Crippen LogP contribution in [0.4, 0.5) is 0 Å². The van der Waals surface area contributed by atoms with Gasteiger partial charge in [0.25, 0.3) is 0 Å². The Hall–Kier alpha value is -0.200. The maximum atomic E-state index is 5.74. The van der Waals surface area contributed by atoms with Crippen molar-refractivity contribution in [2.75, 3.05) is 78.9 Å². The Kier molecular flexibility index (Phi) is 6.27. The van der Waals surface area contributed by atoms with E-state index in [1.807, 2.05) is 0 Å². The molecule has 0 amide bonds. The van der Waals surface area contributed by atoms with Crippen LogP contribution in [0.15, 0.2) is 0 Å². The number of hydrogen-bond acceptors (Lipinski definition) is 5. The van der Waals surface area contributed by atoms with Crippen molar-refractivity contribution in [1.82, 2.24) is 9.80 Å². The van der Waals surface area contributed by atoms with Crippen LogP contribution in [0.25, 0.3) is 0 Å². The van der Waals surface area contributed by atoms with Crippen LogP contribution < -0.4 is 0 Å². The smallest absolute Gasteiger partial charge is 0.0569 e. The number of hydrogen-bond donors (Lipinski definition) is 0. The fourth-order valence-electron chi connectivity index (χ4n) is 6.59. The number of ether oxygens (including phenoxy) is 3. The molecule has 5 heteroatoms. The molecule has 160 valence electrons. The summed E-state index contributed by atoms with van der Waals surface area (Å²) in [6, 6.07) is 0. The lowest BCUT2D eigenvalue weighted by molar-refractivity contribution is -0.143. The fraction of sp³-hybridized carbons (Fsp3) is 1.00. The molecule has 5 heterocycles. The van der Waals surface area contributed by atoms with Crippen LogP contribution in [-0.2, 0) is 14.2 Å². The molecule has 0 radical (unpaired) electrons. The van der Waals surface area contributed by atoms with Gasteiger partial charge in [-0.25, -0.2) is 0 Å². The maximum absolute atomic E-state index is 5.74. The van der Waals surface area contributed by atoms with Crippen LogP contribution in [-0.4, -0.2) is 88.7 Å². The first-order chi connectivity index (χ1) is 13.8. The summed E-state index contributed by atoms with van der Waals surface area (Å²) in [7, 11) is 0. The third kappa shape index (κ3) is 4.44. The minimum atomic E-state index is 0.395. The Labute approximate surface area is 171 Å². The Balaban J connectivity index is 1.07. The normalized spacial score (nSPS) is 36.0. The van der Waals surface area contributed by atoms with Crippen molar-refractivity contribution in [2.24, 2.45) is 29.1 Å². The highest BCUT2D eigenvalue weighted by atomic mass is 16.5. The Morgan fingerprint density at radius 3 is 1.36 bits per heavy atom. The molecule has 5 fully saturated rings. The van der Waals surface area contributed by atoms with Gasteiger partial charge < -0.3 is 24.0 Å². The molecule has 0 saturated carbocycles. The second-order valence-electron chi connectivity index (χ2n) is 10.5. The molecular formula is C23H40N2O3. The van der Waals surface area contributed by atoms with Crippen molar-refractivity contribution in [3.05, 3.63) is 0 Å². The van der Waals surface area contributed by atoms with Crippen molar-refractivity contribution in [2.45, 2.75) is 38.5 Å². The average Bonchev–Trinajstić information content (AvgIpc) is 3.42. The lowest BCUT2D eigenvalue weighted by Crippen LogP contribution is -2.58. The quantitative estimate of drug-likeness (QED) is 0.694. The SMILES string of the molecule is C1CC(C2CCN(CC3(CN4CCC(C5CCOC5)CC4)COC3)CC2)CO1. The summed E-state index contributed by atoms with van der Waals surface area (Å²) in [5, 5.41) is 0. The first kappa shape index (κ1) is 19.7. The fourth-order valence-corrected chi connectivity index (χ4v) is 6.59. The van der Waals surface area contributed by atoms with E-state index in [9.17, 15) is 0 Å². The van der Waals surface area contributed by atoms with E-state index in [1.165, 1.54) is 77.8 Å². The molecule has 2 atom stereocenters. The minimum absolute atomic E-state index is 0.395. The average molecular weight is 393 g/mol. The number of piperidine rings is 2. The molecule has 0 aromatic rings. The first-order valence-electron chi connectivity index (χ1n) is 12.0. The molecule has 0 bridgehead atoms. The van der Waals surface area contributed by atoms with Crippen molar-refractivity contribution < 1.29 is 14.2 Å². The lowest BCUT2D eigenvalue weighted by Gasteiger charge is -2.49. The Morgan fingerprint density at radius 2 is 1.04 bits per heavy atom. The van der Waals surface area contributed by atoms with E-state index in [1.54, 1.807) is 0 Å². The molecule has 0 N–H and O–H groups in total. The molecule has 5 rings (SSSR count). The zero-order valence-electron chi connectivity index (χ0n) is 17.7. The molecule has 0 aliphatic carbocycles. The van der Waals surface area contributed by atoms with Gasteiger partial charge in [-0.1, -0.05) is 0 Å². The monoisotopic (exact) mass is 392 g/mol. The van der Waals surface area contributed by atoms with Crippen LogP contribution in [0.1, 0.15) is 38.5 Å². The molecule has 5 saturated heterocycles. The van der Waals surface area contributed by atoms with Gasteiger partial charge in [-0.15, -0.1) is 0 Å². The van der Waals surface area contributed by atoms with Gasteiger partial charge >= 0.3 is 0 Å². The molecule has 0 aromatic heterocycles. The standard InChI is InChI=1S/C23H40N2O3/c1-7-24(8-2-19(1)21-5-11-26-13-21)15-23(17-28-18-23)16-25-9-3-20(4-10-25)22-6-12-27-14-22/h19-22H,1-18H2. The zero-order valence-corrected chi connectivity index (χ0v) is 17.7. The first-order valence-corrected chi connectivity index (χ1v) is 12.0. The topological polar surface area (TPSA) is 34.2 Å². The van der Waals surface area contributed by atoms with Gasteiger partial charge in [-0.05, 0) is 88.4 Å². The van der Waals surface area contributed by atoms with E-state index in [-0.39, 0.29) is 0 Å². The van der Waals surface area contributed by atoms with Gasteiger partial charge in [0.15, 0.2) is 0 Å². The predicted molar refractivity (Wildman–Crippen MR) is 109 cm³/mol. The summed E-state index contributed by atoms with van der Waals surface area (Å²) in [6.07, 6.45) is 8.09. The molecule has 0 aromatic carbocycles. The molecule has 2 unspecified atom stereocenters. The van der Waals surface area contributed by atoms with Crippen molar-refractivity contribution >= 4 is 0 Å². The van der Waals surface area contributed by atoms with Crippen molar-refractivity contribution in [3.63, 3.8) is 0 Å². The van der Waals surface area contributed by atoms with Crippen molar-refractivity contribution in [3.8, 4) is 0 Å². The van der Waals surface area contributed by atoms with Gasteiger partial charge in [0, 0.05) is 44.9 Å². The van der Waals surface area contributed by atoms with Gasteiger partial charge in [-0.2, -0.15) is 0 Å². The summed E-state index contributed by atoms with van der Waals surface area (Å²) in [5.41, 5.74) is 0.395. The lowest BCUT2D eigenvalue weighted by atomic mass is 9.80. The highest BCUT2D eigenvalue weighted by Crippen LogP contribution is 2.36. The zero-order chi connectivity index (χ0) is 18.8. The summed E-state index contributed by atoms with van der Waals surface area (Å²) in [4.78, 5) is 5.49. The van der Waals surface area contributed by atoms with Gasteiger partial charge in [0.05, 0.1) is 13.2 Å². The minimum Gasteiger partial charge on any atom is -0.381 e. The molecule has 28 heavy (non-hydrogen) atoms. The van der Waals surface area contributed by atoms with Gasteiger partial charge in [0.2, 0.25) is 0 Å². The van der Waals surface area contributed by atoms with Gasteiger partial charge in [0.1, 0.15) is 0 Å². The van der Waals surface area contributed by atoms with Gasteiger partial charge in [-0.3, -0.25) is 0 Å². The Morgan fingerprint density at radius 1 is 0.571 bits per heavy atom. The summed E-state index contributed by atoms with van der Waals surface area (Å²) in [5.74, 6) is 3.50. The van der Waals surface area contributed by atoms with E-state index in [0.717, 1.165) is 63.3 Å². The highest BCUT2D eigenvalue weighted by Gasteiger charge is 2.43. The van der Waals surface area contributed by atoms with Crippen LogP contribution >= 0.6 is 0 Å². The number of nitrogens with zero attached hydrogens (tertiary/aromatic N) is 2. The van der Waals surface area contributed by atoms with E-state index in [4.69, 9.17) is 14.2 Å². The van der Waals surface area contributed by atoms with Crippen LogP contribution in [0.3, 0.4) is 0 Å². The van der Waals surface area contributed by atoms with E-state index < -0.39 is 0 Å². The second kappa shape index (κ2) is 8.89. The van der Waals surface area contributed by atoms with E-state index >= 15 is 0 Å². The molecule has 0 spiro atoms. The summed E-state index contributed by atoms with van der Waals surface area (Å²) in [6.45, 7) is 13.6. The van der Waals surface area contributed by atoms with E-state index in [0.29, 0.717) is 5.41 Å². The van der Waals surface area contributed by atoms with Crippen molar-refractivity contribution in [1.29, 1.82) is 0 Å². The Bertz CT molecular complexity index is 444. The number of likely N-dealkylation sites (tertiary alicyclic amines) is 2. The summed E-state index contributed by atoms with van der Waals surface area (Å²) < 4.78 is 17.0. The van der Waals surface area contributed by atoms with Crippen LogP contribution in [0.5, 0.6) is 0 Å². The highest BCUT2D eigenvalue weighted by molar-refractivity contribution is 4.94. The molecule has 5 aliphatic heterocycles. The largest absolute Gasteiger partial charge is 0.381 e. The summed E-state index contributed by atoms with van der Waals surface area (Å²) >= 11 is 0. The van der Waals surface area contributed by atoms with Crippen LogP contribution in [0, 0.1) is 29.1 Å².